The number of Topliss-reactive ketones (excluding diaryl/α,β-unsaturated/α-hetero) is 1. The first-order valence-corrected chi connectivity index (χ1v) is 7.15. The Morgan fingerprint density at radius 1 is 1.05 bits per heavy atom. The van der Waals surface area contributed by atoms with Crippen molar-refractivity contribution in [3.05, 3.63) is 64.1 Å². The molecular weight excluding hydrogens is 293 g/mol. The van der Waals surface area contributed by atoms with Gasteiger partial charge in [0.05, 0.1) is 16.6 Å². The lowest BCUT2D eigenvalue weighted by Gasteiger charge is -2.22. The van der Waals surface area contributed by atoms with Crippen LogP contribution in [-0.2, 0) is 0 Å². The third-order valence-electron chi connectivity index (χ3n) is 3.08. The molecule has 0 amide bonds. The van der Waals surface area contributed by atoms with Crippen molar-refractivity contribution < 1.29 is 4.79 Å². The average Bonchev–Trinajstić information content (AvgIpc) is 2.48. The lowest BCUT2D eigenvalue weighted by atomic mass is 10.1. The number of ketones is 1. The van der Waals surface area contributed by atoms with Crippen molar-refractivity contribution in [1.29, 1.82) is 0 Å². The molecule has 0 aromatic heterocycles. The summed E-state index contributed by atoms with van der Waals surface area (Å²) in [6.45, 7) is 3.10. The maximum absolute atomic E-state index is 12.3. The van der Waals surface area contributed by atoms with Crippen LogP contribution in [0.25, 0.3) is 0 Å². The molecule has 0 N–H and O–H groups in total. The molecule has 0 spiro atoms. The minimum absolute atomic E-state index is 0.0225. The Hall–Kier alpha value is -1.51. The fourth-order valence-corrected chi connectivity index (χ4v) is 2.26. The van der Waals surface area contributed by atoms with E-state index < -0.39 is 0 Å². The van der Waals surface area contributed by atoms with Gasteiger partial charge >= 0.3 is 0 Å². The summed E-state index contributed by atoms with van der Waals surface area (Å²) in [5, 5.41) is 0.860. The van der Waals surface area contributed by atoms with Gasteiger partial charge in [0.15, 0.2) is 5.78 Å². The van der Waals surface area contributed by atoms with Crippen molar-refractivity contribution in [3.63, 3.8) is 0 Å². The summed E-state index contributed by atoms with van der Waals surface area (Å²) in [7, 11) is 0. The highest BCUT2D eigenvalue weighted by Gasteiger charge is 2.13. The van der Waals surface area contributed by atoms with Gasteiger partial charge in [-0.05, 0) is 37.3 Å². The number of carbonyl (C=O) groups excluding carboxylic acids is 1. The zero-order valence-electron chi connectivity index (χ0n) is 11.1. The third-order valence-corrected chi connectivity index (χ3v) is 3.82. The first-order valence-electron chi connectivity index (χ1n) is 6.40. The second kappa shape index (κ2) is 6.78. The van der Waals surface area contributed by atoms with Crippen molar-refractivity contribution in [3.8, 4) is 0 Å². The van der Waals surface area contributed by atoms with Crippen LogP contribution in [0.15, 0.2) is 48.5 Å². The first kappa shape index (κ1) is 14.9. The van der Waals surface area contributed by atoms with Gasteiger partial charge in [-0.15, -0.1) is 0 Å². The van der Waals surface area contributed by atoms with Crippen LogP contribution in [0.2, 0.25) is 10.0 Å². The zero-order valence-corrected chi connectivity index (χ0v) is 12.7. The summed E-state index contributed by atoms with van der Waals surface area (Å²) in [6, 6.07) is 14.8. The summed E-state index contributed by atoms with van der Waals surface area (Å²) < 4.78 is 0. The van der Waals surface area contributed by atoms with E-state index in [2.05, 4.69) is 0 Å². The van der Waals surface area contributed by atoms with E-state index in [9.17, 15) is 4.79 Å². The van der Waals surface area contributed by atoms with E-state index in [0.717, 1.165) is 12.2 Å². The number of para-hydroxylation sites is 1. The standard InChI is InChI=1S/C16H15Cl2NO/c1-2-19(13-6-4-3-5-7-13)11-16(20)12-8-9-14(17)15(18)10-12/h3-10H,2,11H2,1H3. The van der Waals surface area contributed by atoms with Gasteiger partial charge < -0.3 is 4.90 Å². The van der Waals surface area contributed by atoms with E-state index >= 15 is 0 Å². The van der Waals surface area contributed by atoms with Crippen molar-refractivity contribution in [2.75, 3.05) is 18.0 Å². The smallest absolute Gasteiger partial charge is 0.182 e. The third kappa shape index (κ3) is 3.53. The highest BCUT2D eigenvalue weighted by molar-refractivity contribution is 6.42. The van der Waals surface area contributed by atoms with Crippen molar-refractivity contribution in [2.45, 2.75) is 6.92 Å². The number of halogens is 2. The molecule has 0 radical (unpaired) electrons. The molecule has 0 heterocycles. The Morgan fingerprint density at radius 3 is 2.35 bits per heavy atom. The van der Waals surface area contributed by atoms with Crippen LogP contribution in [0.4, 0.5) is 5.69 Å². The van der Waals surface area contributed by atoms with E-state index in [1.54, 1.807) is 18.2 Å². The Labute approximate surface area is 128 Å². The predicted octanol–water partition coefficient (Wildman–Crippen LogP) is 4.70. The number of likely N-dealkylation sites (N-methyl/N-ethyl adjacent to an activating group) is 1. The molecule has 0 aliphatic rings. The van der Waals surface area contributed by atoms with Gasteiger partial charge in [0.25, 0.3) is 0 Å². The molecule has 2 rings (SSSR count). The molecular formula is C16H15Cl2NO. The maximum atomic E-state index is 12.3. The van der Waals surface area contributed by atoms with Crippen LogP contribution >= 0.6 is 23.2 Å². The van der Waals surface area contributed by atoms with E-state index in [1.165, 1.54) is 0 Å². The molecule has 2 aromatic carbocycles. The maximum Gasteiger partial charge on any atom is 0.182 e. The van der Waals surface area contributed by atoms with E-state index in [-0.39, 0.29) is 5.78 Å². The molecule has 0 aliphatic heterocycles. The molecule has 0 fully saturated rings. The number of anilines is 1. The summed E-state index contributed by atoms with van der Waals surface area (Å²) in [5.74, 6) is 0.0225. The predicted molar refractivity (Wildman–Crippen MR) is 85.1 cm³/mol. The summed E-state index contributed by atoms with van der Waals surface area (Å²) >= 11 is 11.8. The van der Waals surface area contributed by atoms with Crippen molar-refractivity contribution in [2.24, 2.45) is 0 Å². The molecule has 20 heavy (non-hydrogen) atoms. The van der Waals surface area contributed by atoms with E-state index in [0.29, 0.717) is 22.2 Å². The van der Waals surface area contributed by atoms with Gasteiger partial charge in [-0.1, -0.05) is 41.4 Å². The molecule has 0 atom stereocenters. The Bertz CT molecular complexity index is 599. The van der Waals surface area contributed by atoms with Crippen LogP contribution in [0, 0.1) is 0 Å². The fourth-order valence-electron chi connectivity index (χ4n) is 1.96. The Balaban J connectivity index is 2.15. The Kier molecular flexibility index (Phi) is 5.05. The molecule has 0 unspecified atom stereocenters. The SMILES string of the molecule is CCN(CC(=O)c1ccc(Cl)c(Cl)c1)c1ccccc1. The lowest BCUT2D eigenvalue weighted by Crippen LogP contribution is -2.29. The number of nitrogens with zero attached hydrogens (tertiary/aromatic N) is 1. The zero-order chi connectivity index (χ0) is 14.5. The summed E-state index contributed by atoms with van der Waals surface area (Å²) in [6.07, 6.45) is 0. The van der Waals surface area contributed by atoms with Crippen LogP contribution in [0.5, 0.6) is 0 Å². The molecule has 0 saturated carbocycles. The number of carbonyl (C=O) groups is 1. The molecule has 0 saturated heterocycles. The van der Waals surface area contributed by atoms with Gasteiger partial charge in [0.1, 0.15) is 0 Å². The van der Waals surface area contributed by atoms with Gasteiger partial charge in [-0.25, -0.2) is 0 Å². The highest BCUT2D eigenvalue weighted by Crippen LogP contribution is 2.23. The number of benzene rings is 2. The lowest BCUT2D eigenvalue weighted by molar-refractivity contribution is 0.0999. The minimum atomic E-state index is 0.0225. The molecule has 104 valence electrons. The van der Waals surface area contributed by atoms with Crippen LogP contribution in [-0.4, -0.2) is 18.9 Å². The molecule has 0 bridgehead atoms. The largest absolute Gasteiger partial charge is 0.364 e. The fraction of sp³-hybridized carbons (Fsp3) is 0.188. The minimum Gasteiger partial charge on any atom is -0.364 e. The molecule has 4 heteroatoms. The van der Waals surface area contributed by atoms with Crippen molar-refractivity contribution >= 4 is 34.7 Å². The van der Waals surface area contributed by atoms with Gasteiger partial charge in [0.2, 0.25) is 0 Å². The second-order valence-electron chi connectivity index (χ2n) is 4.40. The molecule has 2 aromatic rings. The Morgan fingerprint density at radius 2 is 1.75 bits per heavy atom. The molecule has 2 nitrogen and oxygen atoms in total. The van der Waals surface area contributed by atoms with Crippen LogP contribution in [0.3, 0.4) is 0 Å². The van der Waals surface area contributed by atoms with Crippen LogP contribution in [0.1, 0.15) is 17.3 Å². The average molecular weight is 308 g/mol. The van der Waals surface area contributed by atoms with Gasteiger partial charge in [-0.3, -0.25) is 4.79 Å². The highest BCUT2D eigenvalue weighted by atomic mass is 35.5. The quantitative estimate of drug-likeness (QED) is 0.746. The second-order valence-corrected chi connectivity index (χ2v) is 5.22. The van der Waals surface area contributed by atoms with E-state index in [4.69, 9.17) is 23.2 Å². The number of rotatable bonds is 5. The number of hydrogen-bond acceptors (Lipinski definition) is 2. The van der Waals surface area contributed by atoms with Crippen LogP contribution < -0.4 is 4.90 Å². The topological polar surface area (TPSA) is 20.3 Å². The summed E-state index contributed by atoms with van der Waals surface area (Å²) in [4.78, 5) is 14.3. The van der Waals surface area contributed by atoms with Crippen molar-refractivity contribution in [1.82, 2.24) is 0 Å². The van der Waals surface area contributed by atoms with Gasteiger partial charge in [0, 0.05) is 17.8 Å². The van der Waals surface area contributed by atoms with E-state index in [1.807, 2.05) is 42.2 Å². The normalized spacial score (nSPS) is 10.3. The molecule has 0 aliphatic carbocycles. The number of hydrogen-bond donors (Lipinski definition) is 0. The van der Waals surface area contributed by atoms with Gasteiger partial charge in [-0.2, -0.15) is 0 Å². The monoisotopic (exact) mass is 307 g/mol. The first-order chi connectivity index (χ1) is 9.61. The summed E-state index contributed by atoms with van der Waals surface area (Å²) in [5.41, 5.74) is 1.61.